The molecule has 8 nitrogen and oxygen atoms in total. The third-order valence-electron chi connectivity index (χ3n) is 6.34. The highest BCUT2D eigenvalue weighted by Crippen LogP contribution is 2.28. The molecule has 2 aromatic rings. The Bertz CT molecular complexity index is 939. The first-order valence-corrected chi connectivity index (χ1v) is 11.4. The van der Waals surface area contributed by atoms with Crippen molar-refractivity contribution in [3.8, 4) is 0 Å². The van der Waals surface area contributed by atoms with E-state index in [1.165, 1.54) is 5.56 Å². The lowest BCUT2D eigenvalue weighted by atomic mass is 10.1. The van der Waals surface area contributed by atoms with E-state index in [1.807, 2.05) is 30.9 Å². The third-order valence-corrected chi connectivity index (χ3v) is 6.34. The summed E-state index contributed by atoms with van der Waals surface area (Å²) in [5, 5.41) is 0. The van der Waals surface area contributed by atoms with Gasteiger partial charge in [-0.25, -0.2) is 14.8 Å². The van der Waals surface area contributed by atoms with E-state index < -0.39 is 11.9 Å². The van der Waals surface area contributed by atoms with E-state index in [0.717, 1.165) is 44.9 Å². The highest BCUT2D eigenvalue weighted by atomic mass is 19.4. The number of halogens is 3. The molecular formula is C23H29F3N6O2. The number of alkyl halides is 3. The highest BCUT2D eigenvalue weighted by Gasteiger charge is 2.37. The maximum atomic E-state index is 13.0. The number of anilines is 1. The van der Waals surface area contributed by atoms with Crippen LogP contribution >= 0.6 is 0 Å². The molecule has 2 atom stereocenters. The first-order valence-electron chi connectivity index (χ1n) is 11.4. The largest absolute Gasteiger partial charge is 0.446 e. The monoisotopic (exact) mass is 478 g/mol. The SMILES string of the molecule is C[C@@H]1CN(c2cnc(C(F)(F)F)cn2)C[C@@H](C)N1C(=O)OC1CCN(Cc2ccncc2)CC1. The van der Waals surface area contributed by atoms with Crippen molar-refractivity contribution in [3.63, 3.8) is 0 Å². The molecule has 0 spiro atoms. The average molecular weight is 479 g/mol. The van der Waals surface area contributed by atoms with Crippen molar-refractivity contribution >= 4 is 11.9 Å². The molecule has 184 valence electrons. The minimum absolute atomic E-state index is 0.126. The summed E-state index contributed by atoms with van der Waals surface area (Å²) in [6.07, 6.45) is 2.02. The molecule has 0 aliphatic carbocycles. The van der Waals surface area contributed by atoms with Gasteiger partial charge in [0.2, 0.25) is 0 Å². The number of piperazine rings is 1. The Balaban J connectivity index is 1.28. The summed E-state index contributed by atoms with van der Waals surface area (Å²) in [6, 6.07) is 3.63. The number of likely N-dealkylation sites (tertiary alicyclic amines) is 1. The number of carbonyl (C=O) groups is 1. The van der Waals surface area contributed by atoms with E-state index >= 15 is 0 Å². The molecule has 0 N–H and O–H groups in total. The molecule has 11 heteroatoms. The molecule has 0 radical (unpaired) electrons. The van der Waals surface area contributed by atoms with Crippen LogP contribution in [-0.2, 0) is 17.5 Å². The molecule has 34 heavy (non-hydrogen) atoms. The van der Waals surface area contributed by atoms with E-state index in [4.69, 9.17) is 4.74 Å². The van der Waals surface area contributed by atoms with Gasteiger partial charge in [-0.2, -0.15) is 13.2 Å². The number of rotatable bonds is 4. The lowest BCUT2D eigenvalue weighted by Gasteiger charge is -2.44. The van der Waals surface area contributed by atoms with Crippen molar-refractivity contribution in [1.29, 1.82) is 0 Å². The average Bonchev–Trinajstić information content (AvgIpc) is 2.80. The van der Waals surface area contributed by atoms with Crippen molar-refractivity contribution in [2.45, 2.75) is 57.6 Å². The number of ether oxygens (including phenoxy) is 1. The van der Waals surface area contributed by atoms with Crippen molar-refractivity contribution in [2.24, 2.45) is 0 Å². The van der Waals surface area contributed by atoms with Gasteiger partial charge in [-0.05, 0) is 44.4 Å². The Morgan fingerprint density at radius 1 is 1.06 bits per heavy atom. The number of aromatic nitrogens is 3. The summed E-state index contributed by atoms with van der Waals surface area (Å²) in [7, 11) is 0. The van der Waals surface area contributed by atoms with Gasteiger partial charge in [0.1, 0.15) is 11.9 Å². The molecule has 4 heterocycles. The van der Waals surface area contributed by atoms with Crippen LogP contribution in [0.15, 0.2) is 36.9 Å². The maximum Gasteiger partial charge on any atom is 0.434 e. The lowest BCUT2D eigenvalue weighted by molar-refractivity contribution is -0.141. The number of hydrogen-bond donors (Lipinski definition) is 0. The third kappa shape index (κ3) is 5.75. The van der Waals surface area contributed by atoms with Gasteiger partial charge in [-0.3, -0.25) is 14.8 Å². The van der Waals surface area contributed by atoms with E-state index in [1.54, 1.807) is 17.3 Å². The van der Waals surface area contributed by atoms with Gasteiger partial charge in [0.15, 0.2) is 5.69 Å². The highest BCUT2D eigenvalue weighted by molar-refractivity contribution is 5.69. The van der Waals surface area contributed by atoms with Gasteiger partial charge in [0, 0.05) is 45.1 Å². The van der Waals surface area contributed by atoms with Gasteiger partial charge in [0.25, 0.3) is 0 Å². The molecule has 2 saturated heterocycles. The normalized spacial score (nSPS) is 22.6. The molecule has 0 unspecified atom stereocenters. The number of pyridine rings is 1. The predicted molar refractivity (Wildman–Crippen MR) is 119 cm³/mol. The standard InChI is InChI=1S/C23H29F3N6O2/c1-16-13-31(21-12-28-20(11-29-21)23(24,25)26)14-17(2)32(16)22(33)34-19-5-9-30(10-6-19)15-18-3-7-27-8-4-18/h3-4,7-8,11-12,16-17,19H,5-6,9-10,13-15H2,1-2H3/t16-,17-/m1/s1. The van der Waals surface area contributed by atoms with Crippen LogP contribution in [0.2, 0.25) is 0 Å². The van der Waals surface area contributed by atoms with E-state index in [-0.39, 0.29) is 24.3 Å². The summed E-state index contributed by atoms with van der Waals surface area (Å²) in [6.45, 7) is 7.23. The molecule has 2 aromatic heterocycles. The molecule has 0 aromatic carbocycles. The van der Waals surface area contributed by atoms with Gasteiger partial charge in [-0.15, -0.1) is 0 Å². The predicted octanol–water partition coefficient (Wildman–Crippen LogP) is 3.59. The quantitative estimate of drug-likeness (QED) is 0.665. The van der Waals surface area contributed by atoms with E-state index in [0.29, 0.717) is 18.9 Å². The van der Waals surface area contributed by atoms with Crippen molar-refractivity contribution in [3.05, 3.63) is 48.2 Å². The second-order valence-electron chi connectivity index (χ2n) is 8.98. The minimum Gasteiger partial charge on any atom is -0.446 e. The van der Waals surface area contributed by atoms with Crippen LogP contribution in [0.1, 0.15) is 37.9 Å². The minimum atomic E-state index is -4.52. The fraction of sp³-hybridized carbons (Fsp3) is 0.565. The topological polar surface area (TPSA) is 74.7 Å². The smallest absolute Gasteiger partial charge is 0.434 e. The van der Waals surface area contributed by atoms with Crippen molar-refractivity contribution in [1.82, 2.24) is 24.8 Å². The van der Waals surface area contributed by atoms with Gasteiger partial charge < -0.3 is 9.64 Å². The zero-order chi connectivity index (χ0) is 24.3. The Labute approximate surface area is 196 Å². The number of piperidine rings is 1. The summed E-state index contributed by atoms with van der Waals surface area (Å²) in [5.74, 6) is 0.362. The molecule has 0 saturated carbocycles. The van der Waals surface area contributed by atoms with Gasteiger partial charge >= 0.3 is 12.3 Å². The fourth-order valence-corrected chi connectivity index (χ4v) is 4.64. The molecule has 4 rings (SSSR count). The van der Waals surface area contributed by atoms with Crippen LogP contribution in [0.5, 0.6) is 0 Å². The fourth-order valence-electron chi connectivity index (χ4n) is 4.64. The summed E-state index contributed by atoms with van der Waals surface area (Å²) in [4.78, 5) is 30.4. The number of amides is 1. The molecular weight excluding hydrogens is 449 g/mol. The summed E-state index contributed by atoms with van der Waals surface area (Å²) < 4.78 is 44.1. The van der Waals surface area contributed by atoms with Crippen LogP contribution in [0.25, 0.3) is 0 Å². The Morgan fingerprint density at radius 3 is 2.26 bits per heavy atom. The van der Waals surface area contributed by atoms with Crippen LogP contribution in [0.4, 0.5) is 23.8 Å². The second-order valence-corrected chi connectivity index (χ2v) is 8.98. The summed E-state index contributed by atoms with van der Waals surface area (Å²) >= 11 is 0. The van der Waals surface area contributed by atoms with Crippen LogP contribution < -0.4 is 4.90 Å². The zero-order valence-electron chi connectivity index (χ0n) is 19.3. The number of hydrogen-bond acceptors (Lipinski definition) is 7. The van der Waals surface area contributed by atoms with Crippen LogP contribution in [0, 0.1) is 0 Å². The Kier molecular flexibility index (Phi) is 7.20. The lowest BCUT2D eigenvalue weighted by Crippen LogP contribution is -2.59. The van der Waals surface area contributed by atoms with E-state index in [9.17, 15) is 18.0 Å². The molecule has 0 bridgehead atoms. The van der Waals surface area contributed by atoms with Crippen LogP contribution in [0.3, 0.4) is 0 Å². The maximum absolute atomic E-state index is 13.0. The van der Waals surface area contributed by atoms with Crippen LogP contribution in [-0.4, -0.2) is 75.2 Å². The first-order chi connectivity index (χ1) is 16.2. The van der Waals surface area contributed by atoms with Crippen molar-refractivity contribution < 1.29 is 22.7 Å². The van der Waals surface area contributed by atoms with Crippen molar-refractivity contribution in [2.75, 3.05) is 31.1 Å². The second kappa shape index (κ2) is 10.1. The molecule has 2 fully saturated rings. The van der Waals surface area contributed by atoms with Gasteiger partial charge in [0.05, 0.1) is 24.5 Å². The molecule has 2 aliphatic rings. The molecule has 2 aliphatic heterocycles. The van der Waals surface area contributed by atoms with E-state index in [2.05, 4.69) is 19.9 Å². The Hall–Kier alpha value is -2.95. The number of carbonyl (C=O) groups excluding carboxylic acids is 1. The zero-order valence-corrected chi connectivity index (χ0v) is 19.3. The Morgan fingerprint density at radius 2 is 1.71 bits per heavy atom. The first kappa shape index (κ1) is 24.2. The number of nitrogens with zero attached hydrogens (tertiary/aromatic N) is 6. The van der Waals surface area contributed by atoms with Gasteiger partial charge in [-0.1, -0.05) is 0 Å². The summed E-state index contributed by atoms with van der Waals surface area (Å²) in [5.41, 5.74) is 0.190. The molecule has 1 amide bonds.